The normalized spacial score (nSPS) is 12.5. The van der Waals surface area contributed by atoms with Crippen LogP contribution in [0.1, 0.15) is 13.8 Å². The first-order chi connectivity index (χ1) is 4.66. The van der Waals surface area contributed by atoms with E-state index in [2.05, 4.69) is 9.99 Å². The van der Waals surface area contributed by atoms with Gasteiger partial charge in [0.25, 0.3) is 0 Å². The number of nitrogens with zero attached hydrogens (tertiary/aromatic N) is 2. The fraction of sp³-hybridized carbons (Fsp3) is 0.500. The van der Waals surface area contributed by atoms with Crippen LogP contribution in [0.3, 0.4) is 0 Å². The first kappa shape index (κ1) is 8.63. The highest BCUT2D eigenvalue weighted by Gasteiger charge is 1.92. The second kappa shape index (κ2) is 4.50. The minimum Gasteiger partial charge on any atom is -0.319 e. The molecule has 0 fully saturated rings. The summed E-state index contributed by atoms with van der Waals surface area (Å²) in [6.07, 6.45) is 1.27. The van der Waals surface area contributed by atoms with Crippen LogP contribution < -0.4 is 0 Å². The van der Waals surface area contributed by atoms with E-state index in [0.717, 1.165) is 0 Å². The van der Waals surface area contributed by atoms with E-state index in [0.29, 0.717) is 0 Å². The van der Waals surface area contributed by atoms with Gasteiger partial charge in [-0.25, -0.2) is 4.79 Å². The molecule has 0 bridgehead atoms. The van der Waals surface area contributed by atoms with Crippen molar-refractivity contribution in [1.82, 2.24) is 0 Å². The lowest BCUT2D eigenvalue weighted by Crippen LogP contribution is -1.95. The Hall–Kier alpha value is -1.37. The van der Waals surface area contributed by atoms with E-state index in [1.165, 1.54) is 13.1 Å². The predicted octanol–water partition coefficient (Wildman–Crippen LogP) is 0.695. The third-order valence-electron chi connectivity index (χ3n) is 0.669. The van der Waals surface area contributed by atoms with Crippen molar-refractivity contribution in [3.8, 4) is 6.07 Å². The van der Waals surface area contributed by atoms with E-state index in [-0.39, 0.29) is 5.92 Å². The van der Waals surface area contributed by atoms with Crippen molar-refractivity contribution in [3.05, 3.63) is 0 Å². The Kier molecular flexibility index (Phi) is 3.89. The van der Waals surface area contributed by atoms with Crippen LogP contribution in [0.4, 0.5) is 0 Å². The smallest absolute Gasteiger partial charge is 0.319 e. The zero-order valence-corrected chi connectivity index (χ0v) is 5.87. The molecule has 10 heavy (non-hydrogen) atoms. The topological polar surface area (TPSA) is 62.4 Å². The van der Waals surface area contributed by atoms with Gasteiger partial charge < -0.3 is 4.84 Å². The minimum atomic E-state index is -0.485. The maximum absolute atomic E-state index is 10.1. The van der Waals surface area contributed by atoms with E-state index in [1.54, 1.807) is 6.92 Å². The Morgan fingerprint density at radius 1 is 1.90 bits per heavy atom. The van der Waals surface area contributed by atoms with E-state index in [1.807, 2.05) is 6.07 Å². The number of hydrogen-bond donors (Lipinski definition) is 0. The van der Waals surface area contributed by atoms with E-state index in [9.17, 15) is 4.79 Å². The number of carbonyl (C=O) groups excluding carboxylic acids is 1. The van der Waals surface area contributed by atoms with Gasteiger partial charge in [-0.1, -0.05) is 5.16 Å². The van der Waals surface area contributed by atoms with Crippen molar-refractivity contribution in [2.75, 3.05) is 0 Å². The summed E-state index contributed by atoms with van der Waals surface area (Å²) >= 11 is 0. The van der Waals surface area contributed by atoms with Gasteiger partial charge >= 0.3 is 5.97 Å². The number of carbonyl (C=O) groups is 1. The molecule has 0 saturated carbocycles. The molecule has 1 atom stereocenters. The molecule has 0 amide bonds. The molecule has 0 aromatic carbocycles. The van der Waals surface area contributed by atoms with Gasteiger partial charge in [-0.2, -0.15) is 5.26 Å². The quantitative estimate of drug-likeness (QED) is 0.322. The largest absolute Gasteiger partial charge is 0.331 e. The predicted molar refractivity (Wildman–Crippen MR) is 35.0 cm³/mol. The van der Waals surface area contributed by atoms with Crippen molar-refractivity contribution in [1.29, 1.82) is 5.26 Å². The van der Waals surface area contributed by atoms with Gasteiger partial charge in [-0.3, -0.25) is 0 Å². The molecule has 54 valence electrons. The maximum atomic E-state index is 10.1. The van der Waals surface area contributed by atoms with Crippen LogP contribution in [-0.4, -0.2) is 12.2 Å². The van der Waals surface area contributed by atoms with Crippen molar-refractivity contribution >= 4 is 12.2 Å². The highest BCUT2D eigenvalue weighted by molar-refractivity contribution is 5.68. The molecule has 0 aromatic heterocycles. The number of rotatable bonds is 2. The van der Waals surface area contributed by atoms with Gasteiger partial charge in [0.2, 0.25) is 0 Å². The summed E-state index contributed by atoms with van der Waals surface area (Å²) in [5.41, 5.74) is 0. The standard InChI is InChI=1S/C6H8N2O2/c1-5(3-7)4-8-10-6(2)9/h4-5H,1-2H3/b8-4+. The SMILES string of the molecule is CC(=O)O/N=C/C(C)C#N. The molecule has 0 spiro atoms. The summed E-state index contributed by atoms with van der Waals surface area (Å²) in [6, 6.07) is 1.90. The van der Waals surface area contributed by atoms with E-state index < -0.39 is 5.97 Å². The average molecular weight is 140 g/mol. The van der Waals surface area contributed by atoms with E-state index >= 15 is 0 Å². The molecule has 0 aliphatic rings. The molecular formula is C6H8N2O2. The minimum absolute atomic E-state index is 0.320. The van der Waals surface area contributed by atoms with Gasteiger partial charge in [0.15, 0.2) is 0 Å². The molecule has 1 unspecified atom stereocenters. The summed E-state index contributed by atoms with van der Waals surface area (Å²) < 4.78 is 0. The number of nitriles is 1. The van der Waals surface area contributed by atoms with Gasteiger partial charge in [-0.15, -0.1) is 0 Å². The molecule has 4 heteroatoms. The Bertz CT molecular complexity index is 181. The first-order valence-electron chi connectivity index (χ1n) is 2.77. The third-order valence-corrected chi connectivity index (χ3v) is 0.669. The molecule has 0 rings (SSSR count). The highest BCUT2D eigenvalue weighted by atomic mass is 16.7. The van der Waals surface area contributed by atoms with Gasteiger partial charge in [0.05, 0.1) is 18.2 Å². The fourth-order valence-corrected chi connectivity index (χ4v) is 0.229. The Labute approximate surface area is 59.1 Å². The Balaban J connectivity index is 3.58. The Morgan fingerprint density at radius 3 is 2.90 bits per heavy atom. The molecule has 0 saturated heterocycles. The van der Waals surface area contributed by atoms with Crippen LogP contribution in [0.5, 0.6) is 0 Å². The van der Waals surface area contributed by atoms with Gasteiger partial charge in [0.1, 0.15) is 0 Å². The molecule has 0 aliphatic carbocycles. The van der Waals surface area contributed by atoms with Crippen molar-refractivity contribution < 1.29 is 9.63 Å². The van der Waals surface area contributed by atoms with Crippen LogP contribution in [0.2, 0.25) is 0 Å². The first-order valence-corrected chi connectivity index (χ1v) is 2.77. The average Bonchev–Trinajstić information content (AvgIpc) is 1.87. The summed E-state index contributed by atoms with van der Waals surface area (Å²) in [5.74, 6) is -0.805. The fourth-order valence-electron chi connectivity index (χ4n) is 0.229. The van der Waals surface area contributed by atoms with Crippen molar-refractivity contribution in [3.63, 3.8) is 0 Å². The maximum Gasteiger partial charge on any atom is 0.331 e. The third kappa shape index (κ3) is 4.78. The molecule has 4 nitrogen and oxygen atoms in total. The zero-order chi connectivity index (χ0) is 7.98. The highest BCUT2D eigenvalue weighted by Crippen LogP contribution is 1.86. The van der Waals surface area contributed by atoms with Gasteiger partial charge in [0, 0.05) is 6.92 Å². The van der Waals surface area contributed by atoms with Crippen LogP contribution in [0, 0.1) is 17.2 Å². The summed E-state index contributed by atoms with van der Waals surface area (Å²) in [5, 5.41) is 11.5. The summed E-state index contributed by atoms with van der Waals surface area (Å²) in [6.45, 7) is 2.89. The number of hydrogen-bond acceptors (Lipinski definition) is 4. The summed E-state index contributed by atoms with van der Waals surface area (Å²) in [4.78, 5) is 14.3. The van der Waals surface area contributed by atoms with Crippen LogP contribution >= 0.6 is 0 Å². The van der Waals surface area contributed by atoms with Crippen LogP contribution in [0.25, 0.3) is 0 Å². The zero-order valence-electron chi connectivity index (χ0n) is 5.87. The molecule has 0 aliphatic heterocycles. The number of oxime groups is 1. The van der Waals surface area contributed by atoms with Crippen molar-refractivity contribution in [2.24, 2.45) is 11.1 Å². The summed E-state index contributed by atoms with van der Waals surface area (Å²) in [7, 11) is 0. The lowest BCUT2D eigenvalue weighted by atomic mass is 10.2. The van der Waals surface area contributed by atoms with Crippen LogP contribution in [0.15, 0.2) is 5.16 Å². The molecule has 0 radical (unpaired) electrons. The monoisotopic (exact) mass is 140 g/mol. The Morgan fingerprint density at radius 2 is 2.50 bits per heavy atom. The van der Waals surface area contributed by atoms with Gasteiger partial charge in [-0.05, 0) is 6.92 Å². The molecular weight excluding hydrogens is 132 g/mol. The molecule has 0 N–H and O–H groups in total. The second-order valence-corrected chi connectivity index (χ2v) is 1.76. The lowest BCUT2D eigenvalue weighted by Gasteiger charge is -1.89. The van der Waals surface area contributed by atoms with E-state index in [4.69, 9.17) is 5.26 Å². The second-order valence-electron chi connectivity index (χ2n) is 1.76. The molecule has 0 heterocycles. The van der Waals surface area contributed by atoms with Crippen molar-refractivity contribution in [2.45, 2.75) is 13.8 Å². The lowest BCUT2D eigenvalue weighted by molar-refractivity contribution is -0.140. The molecule has 0 aromatic rings. The van der Waals surface area contributed by atoms with Crippen LogP contribution in [-0.2, 0) is 9.63 Å².